The number of hydrogen-bond acceptors (Lipinski definition) is 3. The van der Waals surface area contributed by atoms with Crippen LogP contribution in [0, 0.1) is 5.92 Å². The molecular formula is C14H16N2O2. The molecule has 0 aromatic rings. The van der Waals surface area contributed by atoms with E-state index in [-0.39, 0.29) is 6.54 Å². The number of allylic oxidation sites excluding steroid dienone is 8. The van der Waals surface area contributed by atoms with Crippen molar-refractivity contribution in [1.82, 2.24) is 0 Å². The summed E-state index contributed by atoms with van der Waals surface area (Å²) in [6.07, 6.45) is 18.9. The first kappa shape index (κ1) is 13.8. The van der Waals surface area contributed by atoms with Crippen LogP contribution in [0.25, 0.3) is 0 Å². The first-order valence-electron chi connectivity index (χ1n) is 5.72. The number of carboxylic acids is 1. The van der Waals surface area contributed by atoms with Crippen molar-refractivity contribution in [2.45, 2.75) is 6.42 Å². The summed E-state index contributed by atoms with van der Waals surface area (Å²) in [4.78, 5) is 10.9. The molecule has 0 spiro atoms. The SMILES string of the molecule is O=C(O)[C@H]1/C=C/C=C/C=C\C=C\C/C=C/N=N/C1. The molecule has 0 aliphatic carbocycles. The number of azo groups is 1. The predicted molar refractivity (Wildman–Crippen MR) is 71.2 cm³/mol. The summed E-state index contributed by atoms with van der Waals surface area (Å²) in [5.74, 6) is -1.54. The van der Waals surface area contributed by atoms with Crippen LogP contribution in [0.5, 0.6) is 0 Å². The summed E-state index contributed by atoms with van der Waals surface area (Å²) < 4.78 is 0. The highest BCUT2D eigenvalue weighted by Crippen LogP contribution is 2.02. The minimum atomic E-state index is -0.899. The van der Waals surface area contributed by atoms with E-state index in [0.717, 1.165) is 6.42 Å². The molecule has 0 amide bonds. The van der Waals surface area contributed by atoms with Crippen molar-refractivity contribution in [3.63, 3.8) is 0 Å². The zero-order valence-corrected chi connectivity index (χ0v) is 10.0. The van der Waals surface area contributed by atoms with Gasteiger partial charge in [-0.2, -0.15) is 10.2 Å². The van der Waals surface area contributed by atoms with Gasteiger partial charge in [-0.1, -0.05) is 54.7 Å². The lowest BCUT2D eigenvalue weighted by Gasteiger charge is -2.00. The molecule has 1 rings (SSSR count). The van der Waals surface area contributed by atoms with Crippen LogP contribution in [0.2, 0.25) is 0 Å². The molecule has 0 saturated carbocycles. The quantitative estimate of drug-likeness (QED) is 0.769. The summed E-state index contributed by atoms with van der Waals surface area (Å²) in [6.45, 7) is 0.149. The second-order valence-corrected chi connectivity index (χ2v) is 3.59. The minimum absolute atomic E-state index is 0.149. The second kappa shape index (κ2) is 8.87. The third-order valence-corrected chi connectivity index (χ3v) is 2.16. The average molecular weight is 244 g/mol. The topological polar surface area (TPSA) is 62.0 Å². The number of hydrogen-bond donors (Lipinski definition) is 1. The van der Waals surface area contributed by atoms with Gasteiger partial charge in [-0.3, -0.25) is 4.79 Å². The molecule has 4 nitrogen and oxygen atoms in total. The Labute approximate surface area is 106 Å². The minimum Gasteiger partial charge on any atom is -0.481 e. The maximum atomic E-state index is 10.9. The van der Waals surface area contributed by atoms with Gasteiger partial charge in [-0.05, 0) is 6.42 Å². The van der Waals surface area contributed by atoms with Crippen LogP contribution >= 0.6 is 0 Å². The van der Waals surface area contributed by atoms with Crippen LogP contribution < -0.4 is 0 Å². The largest absolute Gasteiger partial charge is 0.481 e. The van der Waals surface area contributed by atoms with Crippen molar-refractivity contribution in [2.75, 3.05) is 6.54 Å². The van der Waals surface area contributed by atoms with E-state index < -0.39 is 11.9 Å². The van der Waals surface area contributed by atoms with Gasteiger partial charge in [0.1, 0.15) is 0 Å². The zero-order chi connectivity index (χ0) is 13.1. The van der Waals surface area contributed by atoms with Gasteiger partial charge in [-0.15, -0.1) is 0 Å². The number of carbonyl (C=O) groups is 1. The van der Waals surface area contributed by atoms with Gasteiger partial charge in [0.2, 0.25) is 0 Å². The van der Waals surface area contributed by atoms with Gasteiger partial charge in [0, 0.05) is 6.20 Å². The zero-order valence-electron chi connectivity index (χ0n) is 10.0. The van der Waals surface area contributed by atoms with Gasteiger partial charge >= 0.3 is 5.97 Å². The van der Waals surface area contributed by atoms with Gasteiger partial charge in [0.05, 0.1) is 12.5 Å². The highest BCUT2D eigenvalue weighted by atomic mass is 16.4. The highest BCUT2D eigenvalue weighted by Gasteiger charge is 2.12. The lowest BCUT2D eigenvalue weighted by Crippen LogP contribution is -2.13. The lowest BCUT2D eigenvalue weighted by molar-refractivity contribution is -0.139. The predicted octanol–water partition coefficient (Wildman–Crippen LogP) is 3.28. The third-order valence-electron chi connectivity index (χ3n) is 2.16. The number of aliphatic carboxylic acids is 1. The van der Waals surface area contributed by atoms with E-state index in [1.54, 1.807) is 24.4 Å². The van der Waals surface area contributed by atoms with Crippen LogP contribution in [0.15, 0.2) is 71.1 Å². The molecule has 0 saturated heterocycles. The van der Waals surface area contributed by atoms with Crippen LogP contribution in [0.4, 0.5) is 0 Å². The van der Waals surface area contributed by atoms with E-state index in [0.29, 0.717) is 0 Å². The van der Waals surface area contributed by atoms with Crippen LogP contribution in [-0.2, 0) is 4.79 Å². The first-order valence-corrected chi connectivity index (χ1v) is 5.72. The number of nitrogens with zero attached hydrogens (tertiary/aromatic N) is 2. The molecule has 0 radical (unpaired) electrons. The average Bonchev–Trinajstić information content (AvgIpc) is 2.36. The van der Waals surface area contributed by atoms with E-state index in [2.05, 4.69) is 10.2 Å². The van der Waals surface area contributed by atoms with E-state index in [9.17, 15) is 4.79 Å². The molecule has 1 atom stereocenters. The highest BCUT2D eigenvalue weighted by molar-refractivity contribution is 5.72. The summed E-state index contributed by atoms with van der Waals surface area (Å²) in [5, 5.41) is 16.6. The number of rotatable bonds is 1. The molecule has 1 aliphatic rings. The van der Waals surface area contributed by atoms with Gasteiger partial charge in [-0.25, -0.2) is 0 Å². The molecule has 1 heterocycles. The molecule has 94 valence electrons. The van der Waals surface area contributed by atoms with Crippen molar-refractivity contribution in [3.05, 3.63) is 60.9 Å². The van der Waals surface area contributed by atoms with Gasteiger partial charge in [0.25, 0.3) is 0 Å². The molecule has 0 unspecified atom stereocenters. The molecule has 4 heteroatoms. The van der Waals surface area contributed by atoms with E-state index in [1.807, 2.05) is 36.5 Å². The fraction of sp³-hybridized carbons (Fsp3) is 0.214. The summed E-state index contributed by atoms with van der Waals surface area (Å²) in [6, 6.07) is 0. The van der Waals surface area contributed by atoms with Gasteiger partial charge in [0.15, 0.2) is 0 Å². The Morgan fingerprint density at radius 2 is 1.78 bits per heavy atom. The maximum Gasteiger partial charge on any atom is 0.312 e. The summed E-state index contributed by atoms with van der Waals surface area (Å²) in [7, 11) is 0. The molecule has 18 heavy (non-hydrogen) atoms. The maximum absolute atomic E-state index is 10.9. The molecular weight excluding hydrogens is 228 g/mol. The monoisotopic (exact) mass is 244 g/mol. The van der Waals surface area contributed by atoms with Crippen molar-refractivity contribution < 1.29 is 9.90 Å². The van der Waals surface area contributed by atoms with Crippen molar-refractivity contribution >= 4 is 5.97 Å². The first-order chi connectivity index (χ1) is 8.80. The smallest absolute Gasteiger partial charge is 0.312 e. The lowest BCUT2D eigenvalue weighted by atomic mass is 10.1. The Hall–Kier alpha value is -2.23. The van der Waals surface area contributed by atoms with E-state index in [4.69, 9.17) is 5.11 Å². The normalized spacial score (nSPS) is 31.2. The Bertz CT molecular complexity index is 429. The number of carboxylic acid groups (broad SMARTS) is 1. The van der Waals surface area contributed by atoms with Crippen molar-refractivity contribution in [1.29, 1.82) is 0 Å². The molecule has 0 aromatic heterocycles. The van der Waals surface area contributed by atoms with E-state index in [1.165, 1.54) is 0 Å². The fourth-order valence-corrected chi connectivity index (χ4v) is 1.20. The van der Waals surface area contributed by atoms with Crippen LogP contribution in [0.3, 0.4) is 0 Å². The summed E-state index contributed by atoms with van der Waals surface area (Å²) in [5.41, 5.74) is 0. The summed E-state index contributed by atoms with van der Waals surface area (Å²) >= 11 is 0. The Morgan fingerprint density at radius 1 is 1.06 bits per heavy atom. The Balaban J connectivity index is 2.75. The molecule has 1 aliphatic heterocycles. The molecule has 0 fully saturated rings. The third kappa shape index (κ3) is 6.37. The van der Waals surface area contributed by atoms with Crippen molar-refractivity contribution in [2.24, 2.45) is 16.1 Å². The van der Waals surface area contributed by atoms with Gasteiger partial charge < -0.3 is 5.11 Å². The molecule has 0 aromatic carbocycles. The fourth-order valence-electron chi connectivity index (χ4n) is 1.20. The Kier molecular flexibility index (Phi) is 6.82. The van der Waals surface area contributed by atoms with E-state index >= 15 is 0 Å². The second-order valence-electron chi connectivity index (χ2n) is 3.59. The Morgan fingerprint density at radius 3 is 2.56 bits per heavy atom. The standard InChI is InChI=1S/C14H16N2O2/c17-14(18)13-10-8-6-4-2-1-3-5-7-9-11-15-16-12-13/h1-6,8-11,13H,7,12H2,(H,17,18)/b2-1-,5-3+,6-4+,10-8+,11-9+,16-15+/t13-/m0/s1. The van der Waals surface area contributed by atoms with Crippen LogP contribution in [-0.4, -0.2) is 17.6 Å². The molecule has 0 bridgehead atoms. The molecule has 1 N–H and O–H groups in total. The van der Waals surface area contributed by atoms with Crippen molar-refractivity contribution in [3.8, 4) is 0 Å². The van der Waals surface area contributed by atoms with Crippen LogP contribution in [0.1, 0.15) is 6.42 Å².